The van der Waals surface area contributed by atoms with Crippen molar-refractivity contribution in [3.8, 4) is 11.5 Å². The minimum Gasteiger partial charge on any atom is -0.508 e. The largest absolute Gasteiger partial charge is 0.508 e. The zero-order valence-corrected chi connectivity index (χ0v) is 20.9. The smallest absolute Gasteiger partial charge is 0.306 e. The molecular weight excluding hydrogens is 454 g/mol. The van der Waals surface area contributed by atoms with E-state index < -0.39 is 11.9 Å². The average molecular weight is 488 g/mol. The molecule has 1 heterocycles. The summed E-state index contributed by atoms with van der Waals surface area (Å²) in [6.45, 7) is 3.68. The fourth-order valence-corrected chi connectivity index (χ4v) is 4.26. The van der Waals surface area contributed by atoms with E-state index in [2.05, 4.69) is 35.3 Å². The Labute approximate surface area is 212 Å². The molecule has 0 saturated carbocycles. The lowest BCUT2D eigenvalue weighted by molar-refractivity contribution is -0.141. The number of allylic oxidation sites excluding steroid dienone is 8. The monoisotopic (exact) mass is 487 g/mol. The lowest BCUT2D eigenvalue weighted by Gasteiger charge is -2.09. The lowest BCUT2D eigenvalue weighted by atomic mass is 9.97. The second-order valence-electron chi connectivity index (χ2n) is 9.31. The molecule has 0 amide bonds. The predicted octanol–water partition coefficient (Wildman–Crippen LogP) is 7.45. The summed E-state index contributed by atoms with van der Waals surface area (Å²) in [5, 5.41) is 19.6. The second kappa shape index (κ2) is 11.8. The average Bonchev–Trinajstić information content (AvgIpc) is 3.12. The lowest BCUT2D eigenvalue weighted by Crippen LogP contribution is -2.10. The van der Waals surface area contributed by atoms with Gasteiger partial charge in [-0.1, -0.05) is 43.4 Å². The SMILES string of the molecule is Cc1oc(-c2ccc(/C3=C/CCC/C=C\C3)cc2)nc1COC1=CC(O)=C(CC(C)C(=O)O)CC=C1. The molecule has 4 rings (SSSR count). The van der Waals surface area contributed by atoms with Crippen LogP contribution in [-0.2, 0) is 16.1 Å². The Morgan fingerprint density at radius 3 is 2.67 bits per heavy atom. The fourth-order valence-electron chi connectivity index (χ4n) is 4.26. The van der Waals surface area contributed by atoms with Gasteiger partial charge in [0.1, 0.15) is 29.6 Å². The van der Waals surface area contributed by atoms with Crippen molar-refractivity contribution in [2.75, 3.05) is 0 Å². The van der Waals surface area contributed by atoms with Gasteiger partial charge in [-0.15, -0.1) is 0 Å². The molecule has 2 N–H and O–H groups in total. The van der Waals surface area contributed by atoms with E-state index in [-0.39, 0.29) is 18.8 Å². The number of aromatic nitrogens is 1. The molecule has 0 bridgehead atoms. The normalized spacial score (nSPS) is 19.4. The maximum absolute atomic E-state index is 11.2. The number of benzene rings is 1. The van der Waals surface area contributed by atoms with Crippen LogP contribution in [0.25, 0.3) is 17.0 Å². The first-order valence-electron chi connectivity index (χ1n) is 12.5. The highest BCUT2D eigenvalue weighted by Crippen LogP contribution is 2.28. The third-order valence-electron chi connectivity index (χ3n) is 6.50. The van der Waals surface area contributed by atoms with Gasteiger partial charge in [0.2, 0.25) is 5.89 Å². The molecule has 2 aliphatic carbocycles. The fraction of sp³-hybridized carbons (Fsp3) is 0.333. The number of carboxylic acids is 1. The van der Waals surface area contributed by atoms with E-state index in [0.29, 0.717) is 35.1 Å². The van der Waals surface area contributed by atoms with E-state index in [1.807, 2.05) is 25.1 Å². The molecular formula is C30H33NO5. The molecule has 188 valence electrons. The summed E-state index contributed by atoms with van der Waals surface area (Å²) in [6.07, 6.45) is 17.2. The number of aliphatic hydroxyl groups is 1. The molecule has 1 aromatic carbocycles. The Balaban J connectivity index is 1.42. The van der Waals surface area contributed by atoms with Crippen molar-refractivity contribution in [2.45, 2.75) is 59.0 Å². The molecule has 1 aromatic heterocycles. The van der Waals surface area contributed by atoms with Crippen LogP contribution in [0, 0.1) is 12.8 Å². The number of nitrogens with zero attached hydrogens (tertiary/aromatic N) is 1. The summed E-state index contributed by atoms with van der Waals surface area (Å²) in [5.41, 5.74) is 4.83. The van der Waals surface area contributed by atoms with Crippen molar-refractivity contribution in [3.63, 3.8) is 0 Å². The molecule has 6 heteroatoms. The highest BCUT2D eigenvalue weighted by Gasteiger charge is 2.18. The number of hydrogen-bond donors (Lipinski definition) is 2. The van der Waals surface area contributed by atoms with Crippen molar-refractivity contribution < 1.29 is 24.2 Å². The van der Waals surface area contributed by atoms with E-state index in [0.717, 1.165) is 24.8 Å². The quantitative estimate of drug-likeness (QED) is 0.376. The van der Waals surface area contributed by atoms with Gasteiger partial charge in [-0.2, -0.15) is 0 Å². The number of ether oxygens (including phenoxy) is 1. The summed E-state index contributed by atoms with van der Waals surface area (Å²) in [6, 6.07) is 8.30. The van der Waals surface area contributed by atoms with Crippen molar-refractivity contribution in [2.24, 2.45) is 5.92 Å². The molecule has 1 unspecified atom stereocenters. The number of aliphatic hydroxyl groups excluding tert-OH is 1. The maximum Gasteiger partial charge on any atom is 0.306 e. The van der Waals surface area contributed by atoms with Crippen molar-refractivity contribution in [3.05, 3.63) is 94.8 Å². The first-order chi connectivity index (χ1) is 17.4. The topological polar surface area (TPSA) is 92.8 Å². The summed E-state index contributed by atoms with van der Waals surface area (Å²) >= 11 is 0. The van der Waals surface area contributed by atoms with Crippen LogP contribution in [0.5, 0.6) is 0 Å². The summed E-state index contributed by atoms with van der Waals surface area (Å²) in [5.74, 6) is 0.307. The van der Waals surface area contributed by atoms with Crippen LogP contribution < -0.4 is 0 Å². The van der Waals surface area contributed by atoms with E-state index in [1.165, 1.54) is 23.6 Å². The molecule has 2 aromatic rings. The number of oxazole rings is 1. The molecule has 0 fully saturated rings. The molecule has 6 nitrogen and oxygen atoms in total. The van der Waals surface area contributed by atoms with Crippen molar-refractivity contribution >= 4 is 11.5 Å². The number of aryl methyl sites for hydroxylation is 1. The van der Waals surface area contributed by atoms with Crippen LogP contribution >= 0.6 is 0 Å². The van der Waals surface area contributed by atoms with Crippen LogP contribution in [0.4, 0.5) is 0 Å². The Bertz CT molecular complexity index is 1240. The molecule has 0 saturated heterocycles. The molecule has 0 radical (unpaired) electrons. The van der Waals surface area contributed by atoms with Crippen LogP contribution in [0.1, 0.15) is 62.5 Å². The van der Waals surface area contributed by atoms with Gasteiger partial charge >= 0.3 is 5.97 Å². The number of aliphatic carboxylic acids is 1. The van der Waals surface area contributed by atoms with Gasteiger partial charge in [-0.25, -0.2) is 4.98 Å². The highest BCUT2D eigenvalue weighted by molar-refractivity contribution is 5.70. The molecule has 2 aliphatic rings. The van der Waals surface area contributed by atoms with Gasteiger partial charge in [0, 0.05) is 11.6 Å². The Morgan fingerprint density at radius 2 is 1.89 bits per heavy atom. The van der Waals surface area contributed by atoms with Crippen LogP contribution in [-0.4, -0.2) is 21.2 Å². The Hall–Kier alpha value is -3.80. The van der Waals surface area contributed by atoms with Gasteiger partial charge in [0.25, 0.3) is 0 Å². The molecule has 1 atom stereocenters. The van der Waals surface area contributed by atoms with E-state index in [9.17, 15) is 9.90 Å². The Kier molecular flexibility index (Phi) is 8.26. The third-order valence-corrected chi connectivity index (χ3v) is 6.50. The first kappa shape index (κ1) is 25.3. The van der Waals surface area contributed by atoms with E-state index in [1.54, 1.807) is 13.0 Å². The van der Waals surface area contributed by atoms with Gasteiger partial charge in [0.05, 0.1) is 5.92 Å². The van der Waals surface area contributed by atoms with E-state index in [4.69, 9.17) is 14.3 Å². The number of hydrogen-bond acceptors (Lipinski definition) is 5. The third kappa shape index (κ3) is 6.45. The summed E-state index contributed by atoms with van der Waals surface area (Å²) in [4.78, 5) is 15.8. The Morgan fingerprint density at radius 1 is 1.11 bits per heavy atom. The maximum atomic E-state index is 11.2. The van der Waals surface area contributed by atoms with Crippen LogP contribution in [0.2, 0.25) is 0 Å². The number of carbonyl (C=O) groups is 1. The van der Waals surface area contributed by atoms with Crippen LogP contribution in [0.3, 0.4) is 0 Å². The first-order valence-corrected chi connectivity index (χ1v) is 12.5. The van der Waals surface area contributed by atoms with Gasteiger partial charge in [0.15, 0.2) is 0 Å². The standard InChI is InChI=1S/C30H33NO5/c1-20(30(33)34)17-25-11-8-12-26(18-28(25)32)35-19-27-21(2)36-29(31-27)24-15-13-23(14-16-24)22-9-6-4-3-5-7-10-22/h4,6,8,10,12-16,18,20,32H,3,5,7,9,11,17,19H2,1-2H3,(H,33,34)/b6-4-,22-10+. The number of carboxylic acid groups (broad SMARTS) is 1. The minimum absolute atomic E-state index is 0.0515. The zero-order chi connectivity index (χ0) is 25.5. The number of rotatable bonds is 8. The van der Waals surface area contributed by atoms with Crippen molar-refractivity contribution in [1.82, 2.24) is 4.98 Å². The minimum atomic E-state index is -0.884. The molecule has 0 aliphatic heterocycles. The summed E-state index contributed by atoms with van der Waals surface area (Å²) < 4.78 is 11.8. The zero-order valence-electron chi connectivity index (χ0n) is 20.9. The van der Waals surface area contributed by atoms with Gasteiger partial charge in [-0.05, 0) is 80.4 Å². The molecule has 36 heavy (non-hydrogen) atoms. The van der Waals surface area contributed by atoms with Crippen LogP contribution in [0.15, 0.2) is 82.2 Å². The highest BCUT2D eigenvalue weighted by atomic mass is 16.5. The van der Waals surface area contributed by atoms with Gasteiger partial charge < -0.3 is 19.4 Å². The van der Waals surface area contributed by atoms with E-state index >= 15 is 0 Å². The van der Waals surface area contributed by atoms with Crippen molar-refractivity contribution in [1.29, 1.82) is 0 Å². The van der Waals surface area contributed by atoms with Gasteiger partial charge in [-0.3, -0.25) is 4.79 Å². The predicted molar refractivity (Wildman–Crippen MR) is 140 cm³/mol. The molecule has 0 spiro atoms. The summed E-state index contributed by atoms with van der Waals surface area (Å²) in [7, 11) is 0. The second-order valence-corrected chi connectivity index (χ2v) is 9.31.